The van der Waals surface area contributed by atoms with Crippen LogP contribution in [0.25, 0.3) is 11.1 Å². The van der Waals surface area contributed by atoms with Crippen LogP contribution in [-0.2, 0) is 19.3 Å². The summed E-state index contributed by atoms with van der Waals surface area (Å²) in [6.45, 7) is 2.21. The molecule has 0 aliphatic heterocycles. The van der Waals surface area contributed by atoms with Gasteiger partial charge in [-0.25, -0.2) is 4.21 Å². The van der Waals surface area contributed by atoms with Crippen LogP contribution in [0.5, 0.6) is 0 Å². The molecule has 0 saturated carbocycles. The van der Waals surface area contributed by atoms with Gasteiger partial charge in [0.25, 0.3) is 11.8 Å². The molecule has 41 heavy (non-hydrogen) atoms. The van der Waals surface area contributed by atoms with Crippen molar-refractivity contribution >= 4 is 33.2 Å². The van der Waals surface area contributed by atoms with Crippen LogP contribution in [0, 0.1) is 6.92 Å². The zero-order valence-corrected chi connectivity index (χ0v) is 23.5. The molecule has 2 heterocycles. The van der Waals surface area contributed by atoms with Gasteiger partial charge in [-0.1, -0.05) is 30.3 Å². The van der Waals surface area contributed by atoms with Gasteiger partial charge in [0.15, 0.2) is 5.76 Å². The van der Waals surface area contributed by atoms with Gasteiger partial charge in [0.1, 0.15) is 0 Å². The van der Waals surface area contributed by atoms with Gasteiger partial charge in [-0.05, 0) is 61.9 Å². The Hall–Kier alpha value is -4.61. The lowest BCUT2D eigenvalue weighted by Crippen LogP contribution is -2.26. The predicted molar refractivity (Wildman–Crippen MR) is 155 cm³/mol. The average molecular weight is 575 g/mol. The number of hydrogen-bond acceptors (Lipinski definition) is 8. The minimum atomic E-state index is -3.11. The molecule has 0 saturated heterocycles. The minimum absolute atomic E-state index is 0.0327. The van der Waals surface area contributed by atoms with Crippen molar-refractivity contribution in [1.82, 2.24) is 10.3 Å². The van der Waals surface area contributed by atoms with E-state index in [2.05, 4.69) is 24.7 Å². The standard InChI is InChI=1S/C30H30N4O6S/c1-21-12-14-40-28(21)30(37)33-25-9-6-8-22(17-25)23-16-24(19-32-18-23)29(36)34-41(38,26-10-4-3-5-11-26)15-7-13-31-20-27(35)39-2/h3-6,8-12,14,16-19,31H,7,13,15,20H2,1-2H3,(H,33,37)/t41-/m0/s1. The molecule has 212 valence electrons. The molecule has 11 heteroatoms. The third-order valence-corrected chi connectivity index (χ3v) is 8.43. The maximum atomic E-state index is 14.0. The molecule has 2 N–H and O–H groups in total. The Morgan fingerprint density at radius 3 is 2.54 bits per heavy atom. The van der Waals surface area contributed by atoms with E-state index in [0.717, 1.165) is 5.56 Å². The zero-order chi connectivity index (χ0) is 29.2. The third kappa shape index (κ3) is 7.74. The van der Waals surface area contributed by atoms with Gasteiger partial charge in [0, 0.05) is 39.9 Å². The topological polar surface area (TPSA) is 140 Å². The highest BCUT2D eigenvalue weighted by Gasteiger charge is 2.18. The fourth-order valence-electron chi connectivity index (χ4n) is 3.98. The number of nitrogens with zero attached hydrogens (tertiary/aromatic N) is 2. The SMILES string of the molecule is COC(=O)CNCCC[S@@](=O)(=NC(=O)c1cncc(-c2cccc(NC(=O)c3occc3C)c2)c1)c1ccccc1. The Balaban J connectivity index is 1.55. The smallest absolute Gasteiger partial charge is 0.319 e. The summed E-state index contributed by atoms with van der Waals surface area (Å²) in [5.41, 5.74) is 2.77. The first-order chi connectivity index (χ1) is 19.8. The first kappa shape index (κ1) is 29.4. The van der Waals surface area contributed by atoms with Crippen LogP contribution in [0.2, 0.25) is 0 Å². The molecule has 1 atom stereocenters. The summed E-state index contributed by atoms with van der Waals surface area (Å²) < 4.78 is 28.0. The summed E-state index contributed by atoms with van der Waals surface area (Å²) >= 11 is 0. The fraction of sp³-hybridized carbons (Fsp3) is 0.200. The maximum absolute atomic E-state index is 14.0. The van der Waals surface area contributed by atoms with Crippen molar-refractivity contribution in [2.75, 3.05) is 31.3 Å². The number of carbonyl (C=O) groups excluding carboxylic acids is 3. The molecule has 0 unspecified atom stereocenters. The summed E-state index contributed by atoms with van der Waals surface area (Å²) in [6, 6.07) is 19.1. The average Bonchev–Trinajstić information content (AvgIpc) is 3.43. The molecule has 10 nitrogen and oxygen atoms in total. The molecule has 0 radical (unpaired) electrons. The molecule has 2 aromatic carbocycles. The monoisotopic (exact) mass is 574 g/mol. The quantitative estimate of drug-likeness (QED) is 0.194. The van der Waals surface area contributed by atoms with Crippen LogP contribution in [0.3, 0.4) is 0 Å². The maximum Gasteiger partial charge on any atom is 0.319 e. The molecule has 0 spiro atoms. The number of nitrogens with one attached hydrogen (secondary N) is 2. The number of furan rings is 1. The molecule has 4 aromatic rings. The number of methoxy groups -OCH3 is 1. The third-order valence-electron chi connectivity index (χ3n) is 6.12. The zero-order valence-electron chi connectivity index (χ0n) is 22.7. The highest BCUT2D eigenvalue weighted by atomic mass is 32.2. The van der Waals surface area contributed by atoms with Crippen LogP contribution in [0.1, 0.15) is 32.9 Å². The predicted octanol–water partition coefficient (Wildman–Crippen LogP) is 4.72. The van der Waals surface area contributed by atoms with Gasteiger partial charge in [-0.3, -0.25) is 19.4 Å². The second-order valence-electron chi connectivity index (χ2n) is 9.09. The molecule has 0 fully saturated rings. The van der Waals surface area contributed by atoms with Gasteiger partial charge >= 0.3 is 5.97 Å². The van der Waals surface area contributed by atoms with Crippen LogP contribution < -0.4 is 10.6 Å². The Labute approximate surface area is 238 Å². The van der Waals surface area contributed by atoms with Crippen molar-refractivity contribution in [3.63, 3.8) is 0 Å². The lowest BCUT2D eigenvalue weighted by atomic mass is 10.1. The normalized spacial score (nSPS) is 12.2. The van der Waals surface area contributed by atoms with E-state index in [1.165, 1.54) is 19.6 Å². The van der Waals surface area contributed by atoms with Crippen molar-refractivity contribution in [2.24, 2.45) is 4.36 Å². The molecule has 0 aliphatic carbocycles. The molecule has 0 bridgehead atoms. The Morgan fingerprint density at radius 1 is 1.00 bits per heavy atom. The lowest BCUT2D eigenvalue weighted by Gasteiger charge is -2.11. The number of esters is 1. The van der Waals surface area contributed by atoms with E-state index in [4.69, 9.17) is 4.42 Å². The van der Waals surface area contributed by atoms with Crippen molar-refractivity contribution in [3.05, 3.63) is 102 Å². The summed E-state index contributed by atoms with van der Waals surface area (Å²) in [4.78, 5) is 41.8. The first-order valence-electron chi connectivity index (χ1n) is 12.8. The molecular weight excluding hydrogens is 544 g/mol. The van der Waals surface area contributed by atoms with Gasteiger partial charge in [0.2, 0.25) is 0 Å². The molecule has 0 aliphatic rings. The first-order valence-corrected chi connectivity index (χ1v) is 14.5. The van der Waals surface area contributed by atoms with E-state index in [-0.39, 0.29) is 29.5 Å². The number of aryl methyl sites for hydroxylation is 1. The van der Waals surface area contributed by atoms with E-state index >= 15 is 0 Å². The van der Waals surface area contributed by atoms with Crippen LogP contribution in [0.4, 0.5) is 5.69 Å². The number of ether oxygens (including phenoxy) is 1. The fourth-order valence-corrected chi connectivity index (χ4v) is 5.90. The number of benzene rings is 2. The van der Waals surface area contributed by atoms with Crippen LogP contribution in [-0.4, -0.2) is 52.9 Å². The highest BCUT2D eigenvalue weighted by Crippen LogP contribution is 2.25. The molecule has 4 rings (SSSR count). The van der Waals surface area contributed by atoms with Crippen molar-refractivity contribution in [2.45, 2.75) is 18.2 Å². The minimum Gasteiger partial charge on any atom is -0.468 e. The van der Waals surface area contributed by atoms with E-state index in [1.807, 2.05) is 6.07 Å². The van der Waals surface area contributed by atoms with E-state index < -0.39 is 21.6 Å². The van der Waals surface area contributed by atoms with E-state index in [1.54, 1.807) is 73.8 Å². The number of pyridine rings is 1. The molecular formula is C30H30N4O6S. The Kier molecular flexibility index (Phi) is 9.77. The van der Waals surface area contributed by atoms with E-state index in [9.17, 15) is 18.6 Å². The molecule has 2 aromatic heterocycles. The van der Waals surface area contributed by atoms with Crippen molar-refractivity contribution in [1.29, 1.82) is 0 Å². The van der Waals surface area contributed by atoms with E-state index in [0.29, 0.717) is 34.7 Å². The second kappa shape index (κ2) is 13.6. The van der Waals surface area contributed by atoms with Crippen molar-refractivity contribution in [3.8, 4) is 11.1 Å². The van der Waals surface area contributed by atoms with Gasteiger partial charge in [-0.2, -0.15) is 4.36 Å². The summed E-state index contributed by atoms with van der Waals surface area (Å²) in [5.74, 6) is -1.09. The van der Waals surface area contributed by atoms with Gasteiger partial charge in [-0.15, -0.1) is 0 Å². The summed E-state index contributed by atoms with van der Waals surface area (Å²) in [7, 11) is -1.80. The number of amides is 2. The van der Waals surface area contributed by atoms with Gasteiger partial charge in [0.05, 0.1) is 35.2 Å². The number of carbonyl (C=O) groups is 3. The highest BCUT2D eigenvalue weighted by molar-refractivity contribution is 7.94. The number of rotatable bonds is 11. The Bertz CT molecular complexity index is 1660. The van der Waals surface area contributed by atoms with Gasteiger partial charge < -0.3 is 19.8 Å². The summed E-state index contributed by atoms with van der Waals surface area (Å²) in [6.07, 6.45) is 4.84. The van der Waals surface area contributed by atoms with Crippen LogP contribution in [0.15, 0.2) is 99.1 Å². The Morgan fingerprint density at radius 2 is 1.80 bits per heavy atom. The molecule has 2 amide bonds. The van der Waals surface area contributed by atoms with Crippen LogP contribution >= 0.6 is 0 Å². The second-order valence-corrected chi connectivity index (χ2v) is 11.4. The summed E-state index contributed by atoms with van der Waals surface area (Å²) in [5, 5.41) is 5.74. The largest absolute Gasteiger partial charge is 0.468 e. The van der Waals surface area contributed by atoms with Crippen molar-refractivity contribution < 1.29 is 27.7 Å². The lowest BCUT2D eigenvalue weighted by molar-refractivity contribution is -0.139. The number of hydrogen-bond donors (Lipinski definition) is 2. The number of anilines is 1. The number of aromatic nitrogens is 1.